The summed E-state index contributed by atoms with van der Waals surface area (Å²) in [7, 11) is 0. The van der Waals surface area contributed by atoms with E-state index in [1.807, 2.05) is 6.92 Å². The minimum absolute atomic E-state index is 0.0185. The molecule has 8 atom stereocenters. The Morgan fingerprint density at radius 1 is 0.882 bits per heavy atom. The summed E-state index contributed by atoms with van der Waals surface area (Å²) in [6.45, 7) is 9.01. The molecule has 0 aromatic heterocycles. The van der Waals surface area contributed by atoms with Gasteiger partial charge in [-0.25, -0.2) is 4.79 Å². The maximum atomic E-state index is 14.1. The molecule has 16 heteroatoms. The average Bonchev–Trinajstić information content (AvgIpc) is 3.58. The van der Waals surface area contributed by atoms with Gasteiger partial charge in [-0.3, -0.25) is 24.0 Å². The van der Waals surface area contributed by atoms with Crippen LogP contribution in [0.25, 0.3) is 0 Å². The summed E-state index contributed by atoms with van der Waals surface area (Å²) in [5, 5.41) is 39.7. The van der Waals surface area contributed by atoms with E-state index in [0.29, 0.717) is 44.2 Å². The third-order valence-corrected chi connectivity index (χ3v) is 9.26. The zero-order valence-electron chi connectivity index (χ0n) is 30.3. The predicted octanol–water partition coefficient (Wildman–Crippen LogP) is -0.511. The molecule has 0 radical (unpaired) electrons. The fourth-order valence-corrected chi connectivity index (χ4v) is 5.78. The first kappa shape index (κ1) is 42.9. The first-order valence-electron chi connectivity index (χ1n) is 17.7. The first-order chi connectivity index (χ1) is 24.0. The van der Waals surface area contributed by atoms with Gasteiger partial charge in [-0.1, -0.05) is 46.2 Å². The summed E-state index contributed by atoms with van der Waals surface area (Å²) in [5.74, 6) is -5.20. The van der Waals surface area contributed by atoms with E-state index in [9.17, 15) is 44.1 Å². The van der Waals surface area contributed by atoms with Gasteiger partial charge in [-0.05, 0) is 75.1 Å². The lowest BCUT2D eigenvalue weighted by Crippen LogP contribution is -2.61. The summed E-state index contributed by atoms with van der Waals surface area (Å²) < 4.78 is 0. The van der Waals surface area contributed by atoms with Crippen LogP contribution in [0.1, 0.15) is 78.7 Å². The second-order valence-electron chi connectivity index (χ2n) is 13.7. The van der Waals surface area contributed by atoms with Crippen molar-refractivity contribution in [3.05, 3.63) is 29.8 Å². The largest absolute Gasteiger partial charge is 0.508 e. The second kappa shape index (κ2) is 20.5. The number of carboxylic acids is 1. The summed E-state index contributed by atoms with van der Waals surface area (Å²) in [6.07, 6.45) is 1.36. The van der Waals surface area contributed by atoms with Crippen LogP contribution in [0.4, 0.5) is 0 Å². The number of benzene rings is 1. The van der Waals surface area contributed by atoms with Crippen molar-refractivity contribution in [2.75, 3.05) is 13.1 Å². The third kappa shape index (κ3) is 12.8. The Morgan fingerprint density at radius 2 is 1.51 bits per heavy atom. The van der Waals surface area contributed by atoms with Gasteiger partial charge in [0.25, 0.3) is 0 Å². The molecule has 0 saturated carbocycles. The second-order valence-corrected chi connectivity index (χ2v) is 13.7. The van der Waals surface area contributed by atoms with Crippen LogP contribution in [-0.2, 0) is 35.2 Å². The SMILES string of the molecule is CC[C@H](C)[C@H](NC(=O)[C@@H](NC(=O)[C@H](CCCCN)NC(=O)[C@@H](N)[C@@H](C)O)C(C)C)C(=O)N1CCC[C@H]1C(=O)N[C@@H](Cc1ccc(O)cc1)C(=O)O. The quantitative estimate of drug-likeness (QED) is 0.0775. The number of carboxylic acid groups (broad SMARTS) is 1. The van der Waals surface area contributed by atoms with Crippen molar-refractivity contribution in [3.8, 4) is 5.75 Å². The molecule has 1 heterocycles. The van der Waals surface area contributed by atoms with Crippen LogP contribution in [0.2, 0.25) is 0 Å². The van der Waals surface area contributed by atoms with Crippen LogP contribution in [0.3, 0.4) is 0 Å². The highest BCUT2D eigenvalue weighted by atomic mass is 16.4. The maximum Gasteiger partial charge on any atom is 0.326 e. The van der Waals surface area contributed by atoms with Crippen molar-refractivity contribution in [2.24, 2.45) is 23.3 Å². The molecule has 1 saturated heterocycles. The number of aliphatic carboxylic acids is 1. The van der Waals surface area contributed by atoms with Crippen LogP contribution in [-0.4, -0.2) is 111 Å². The van der Waals surface area contributed by atoms with Crippen LogP contribution in [0.5, 0.6) is 5.75 Å². The van der Waals surface area contributed by atoms with Crippen molar-refractivity contribution < 1.29 is 44.1 Å². The normalized spacial score (nSPS) is 18.5. The molecule has 1 aromatic carbocycles. The number of phenolic OH excluding ortho intramolecular Hbond substituents is 1. The van der Waals surface area contributed by atoms with E-state index >= 15 is 0 Å². The highest BCUT2D eigenvalue weighted by molar-refractivity contribution is 5.96. The van der Waals surface area contributed by atoms with E-state index in [-0.39, 0.29) is 31.1 Å². The van der Waals surface area contributed by atoms with E-state index in [1.165, 1.54) is 24.0 Å². The number of carbonyl (C=O) groups is 6. The number of amides is 5. The van der Waals surface area contributed by atoms with E-state index in [2.05, 4.69) is 21.3 Å². The number of rotatable bonds is 20. The number of aliphatic hydroxyl groups is 1. The number of nitrogens with zero attached hydrogens (tertiary/aromatic N) is 1. The minimum Gasteiger partial charge on any atom is -0.508 e. The molecule has 1 aromatic rings. The van der Waals surface area contributed by atoms with Gasteiger partial charge in [-0.15, -0.1) is 0 Å². The van der Waals surface area contributed by atoms with Gasteiger partial charge in [0.15, 0.2) is 0 Å². The van der Waals surface area contributed by atoms with Crippen LogP contribution in [0, 0.1) is 11.8 Å². The lowest BCUT2D eigenvalue weighted by molar-refractivity contribution is -0.145. The minimum atomic E-state index is -1.29. The Hall–Kier alpha value is -4.28. The molecule has 1 fully saturated rings. The Labute approximate surface area is 299 Å². The fourth-order valence-electron chi connectivity index (χ4n) is 5.78. The van der Waals surface area contributed by atoms with Gasteiger partial charge in [0.2, 0.25) is 29.5 Å². The number of unbranched alkanes of at least 4 members (excludes halogenated alkanes) is 1. The lowest BCUT2D eigenvalue weighted by atomic mass is 9.95. The standard InChI is InChI=1S/C35H57N7O9/c1-6-20(4)29(34(49)42-17-9-11-26(42)31(46)39-25(35(50)51)18-22-12-14-23(44)15-13-22)41-33(48)28(19(2)3)40-30(45)24(10-7-8-16-36)38-32(47)27(37)21(5)43/h12-15,19-21,24-29,43-44H,6-11,16-18,36-37H2,1-5H3,(H,38,47)(H,39,46)(H,40,45)(H,41,48)(H,50,51)/t20-,21+,24-,25-,26-,27-,28-,29-/m0/s1. The van der Waals surface area contributed by atoms with Crippen LogP contribution in [0.15, 0.2) is 24.3 Å². The predicted molar refractivity (Wildman–Crippen MR) is 189 cm³/mol. The first-order valence-corrected chi connectivity index (χ1v) is 17.7. The van der Waals surface area contributed by atoms with Gasteiger partial charge in [0, 0.05) is 13.0 Å². The number of aromatic hydroxyl groups is 1. The smallest absolute Gasteiger partial charge is 0.326 e. The molecule has 16 nitrogen and oxygen atoms in total. The molecule has 11 N–H and O–H groups in total. The van der Waals surface area contributed by atoms with Crippen molar-refractivity contribution in [1.82, 2.24) is 26.2 Å². The van der Waals surface area contributed by atoms with Gasteiger partial charge < -0.3 is 53.0 Å². The molecular weight excluding hydrogens is 662 g/mol. The van der Waals surface area contributed by atoms with E-state index in [1.54, 1.807) is 32.9 Å². The Balaban J connectivity index is 2.23. The number of nitrogens with two attached hydrogens (primary N) is 2. The monoisotopic (exact) mass is 719 g/mol. The molecule has 0 aliphatic carbocycles. The number of hydrogen-bond acceptors (Lipinski definition) is 10. The molecule has 0 spiro atoms. The maximum absolute atomic E-state index is 14.1. The zero-order chi connectivity index (χ0) is 38.4. The number of phenols is 1. The number of carbonyl (C=O) groups excluding carboxylic acids is 5. The fraction of sp³-hybridized carbons (Fsp3) is 0.657. The summed E-state index contributed by atoms with van der Waals surface area (Å²) in [5.41, 5.74) is 12.0. The van der Waals surface area contributed by atoms with Crippen LogP contribution < -0.4 is 32.7 Å². The Kier molecular flexibility index (Phi) is 17.3. The molecule has 51 heavy (non-hydrogen) atoms. The summed E-state index contributed by atoms with van der Waals surface area (Å²) in [4.78, 5) is 80.8. The van der Waals surface area contributed by atoms with Crippen molar-refractivity contribution in [2.45, 2.75) is 122 Å². The molecule has 1 aliphatic rings. The van der Waals surface area contributed by atoms with Crippen LogP contribution >= 0.6 is 0 Å². The highest BCUT2D eigenvalue weighted by Gasteiger charge is 2.41. The number of likely N-dealkylation sites (tertiary alicyclic amines) is 1. The third-order valence-electron chi connectivity index (χ3n) is 9.26. The van der Waals surface area contributed by atoms with Gasteiger partial charge in [0.1, 0.15) is 42.0 Å². The Morgan fingerprint density at radius 3 is 2.06 bits per heavy atom. The number of aliphatic hydroxyl groups excluding tert-OH is 1. The lowest BCUT2D eigenvalue weighted by Gasteiger charge is -2.33. The van der Waals surface area contributed by atoms with E-state index < -0.39 is 83.8 Å². The molecule has 0 unspecified atom stereocenters. The van der Waals surface area contributed by atoms with Gasteiger partial charge >= 0.3 is 5.97 Å². The molecule has 1 aliphatic heterocycles. The molecule has 0 bridgehead atoms. The zero-order valence-corrected chi connectivity index (χ0v) is 30.3. The molecule has 2 rings (SSSR count). The molecular formula is C35H57N7O9. The number of hydrogen-bond donors (Lipinski definition) is 9. The van der Waals surface area contributed by atoms with Crippen molar-refractivity contribution >= 4 is 35.5 Å². The Bertz CT molecular complexity index is 1340. The van der Waals surface area contributed by atoms with E-state index in [0.717, 1.165) is 0 Å². The average molecular weight is 720 g/mol. The molecule has 286 valence electrons. The number of nitrogens with one attached hydrogen (secondary N) is 4. The summed E-state index contributed by atoms with van der Waals surface area (Å²) in [6, 6.07) is -0.811. The van der Waals surface area contributed by atoms with Gasteiger partial charge in [-0.2, -0.15) is 0 Å². The highest BCUT2D eigenvalue weighted by Crippen LogP contribution is 2.22. The summed E-state index contributed by atoms with van der Waals surface area (Å²) >= 11 is 0. The molecule has 5 amide bonds. The van der Waals surface area contributed by atoms with Gasteiger partial charge in [0.05, 0.1) is 6.10 Å². The van der Waals surface area contributed by atoms with Crippen molar-refractivity contribution in [1.29, 1.82) is 0 Å². The topological polar surface area (TPSA) is 267 Å². The van der Waals surface area contributed by atoms with Crippen molar-refractivity contribution in [3.63, 3.8) is 0 Å². The van der Waals surface area contributed by atoms with E-state index in [4.69, 9.17) is 11.5 Å².